The predicted molar refractivity (Wildman–Crippen MR) is 186 cm³/mol. The Bertz CT molecular complexity index is 3480. The number of furan rings is 1. The molecule has 0 unspecified atom stereocenters. The van der Waals surface area contributed by atoms with E-state index in [4.69, 9.17) is 22.2 Å². The molecule has 8 aromatic carbocycles. The van der Waals surface area contributed by atoms with Crippen molar-refractivity contribution in [2.24, 2.45) is 0 Å². The van der Waals surface area contributed by atoms with Crippen molar-refractivity contribution in [1.29, 1.82) is 0 Å². The Balaban J connectivity index is 1.49. The van der Waals surface area contributed by atoms with Gasteiger partial charge in [-0.25, -0.2) is 0 Å². The van der Waals surface area contributed by atoms with Crippen molar-refractivity contribution in [1.82, 2.24) is 0 Å². The fourth-order valence-corrected chi connectivity index (χ4v) is 5.58. The van der Waals surface area contributed by atoms with Crippen molar-refractivity contribution in [3.8, 4) is 11.1 Å². The summed E-state index contributed by atoms with van der Waals surface area (Å²) >= 11 is 0. The molecule has 0 N–H and O–H groups in total. The van der Waals surface area contributed by atoms with Gasteiger partial charge in [-0.05, 0) is 69.0 Å². The van der Waals surface area contributed by atoms with Crippen LogP contribution in [-0.4, -0.2) is 0 Å². The SMILES string of the molecule is [2H]c1c([2H])c(N(c2c([2H])c([2H])c([2H])c3c([2H])c([2H])c([2H])c([2H])c23)c2cccc3oc4c5ccccc5ccc4c23)c([2H])c([2H])c1-c1c([2H])c([2H])c([2H])c2c([2H])c([2H])c([2H])c([2H])c12. The fraction of sp³-hybridized carbons (Fsp3) is 0. The molecule has 0 bridgehead atoms. The quantitative estimate of drug-likeness (QED) is 0.206. The number of hydrogen-bond acceptors (Lipinski definition) is 2. The molecule has 0 aliphatic heterocycles. The minimum atomic E-state index is -0.874. The summed E-state index contributed by atoms with van der Waals surface area (Å²) in [7, 11) is 0. The Labute approximate surface area is 280 Å². The third kappa shape index (κ3) is 3.82. The standard InChI is InChI=1S/C42H27NO/c1-4-15-33-28(10-1)13-7-18-34(33)31-22-25-32(26-23-31)43(38-19-8-14-29-11-2-5-16-35(29)38)39-20-9-21-40-41(39)37-27-24-30-12-3-6-17-36(30)42(37)44-40/h1-27H/i1D,2D,4D,5D,7D,8D,10D,11D,13D,14D,15D,16D,18D,19D,22D,23D,25D,26D. The Hall–Kier alpha value is -5.86. The predicted octanol–water partition coefficient (Wildman–Crippen LogP) is 12.2. The van der Waals surface area contributed by atoms with Crippen LogP contribution in [0.4, 0.5) is 17.1 Å². The molecule has 0 atom stereocenters. The molecule has 0 radical (unpaired) electrons. The largest absolute Gasteiger partial charge is 0.455 e. The van der Waals surface area contributed by atoms with Gasteiger partial charge in [0.15, 0.2) is 0 Å². The fourth-order valence-electron chi connectivity index (χ4n) is 5.58. The van der Waals surface area contributed by atoms with E-state index in [-0.39, 0.29) is 11.3 Å². The first-order valence-corrected chi connectivity index (χ1v) is 13.6. The van der Waals surface area contributed by atoms with Crippen molar-refractivity contribution in [3.63, 3.8) is 0 Å². The zero-order chi connectivity index (χ0) is 44.7. The van der Waals surface area contributed by atoms with E-state index in [0.29, 0.717) is 21.7 Å². The van der Waals surface area contributed by atoms with Gasteiger partial charge < -0.3 is 9.32 Å². The first-order chi connectivity index (χ1) is 29.3. The summed E-state index contributed by atoms with van der Waals surface area (Å²) in [6.45, 7) is 0. The second-order valence-corrected chi connectivity index (χ2v) is 9.95. The first-order valence-electron chi connectivity index (χ1n) is 22.6. The molecular weight excluding hydrogens is 534 g/mol. The van der Waals surface area contributed by atoms with E-state index in [0.717, 1.165) is 10.3 Å². The molecule has 0 aliphatic rings. The van der Waals surface area contributed by atoms with Gasteiger partial charge in [0.1, 0.15) is 11.2 Å². The number of nitrogens with zero attached hydrogens (tertiary/aromatic N) is 1. The van der Waals surface area contributed by atoms with E-state index >= 15 is 0 Å². The summed E-state index contributed by atoms with van der Waals surface area (Å²) in [4.78, 5) is 1.08. The average Bonchev–Trinajstić information content (AvgIpc) is 3.66. The van der Waals surface area contributed by atoms with E-state index in [1.807, 2.05) is 30.3 Å². The lowest BCUT2D eigenvalue weighted by atomic mass is 9.97. The summed E-state index contributed by atoms with van der Waals surface area (Å²) in [6.07, 6.45) is 0. The smallest absolute Gasteiger partial charge is 0.143 e. The van der Waals surface area contributed by atoms with Crippen molar-refractivity contribution >= 4 is 71.3 Å². The van der Waals surface area contributed by atoms with Crippen LogP contribution in [0.25, 0.3) is 65.4 Å². The van der Waals surface area contributed by atoms with Crippen molar-refractivity contribution in [2.45, 2.75) is 0 Å². The van der Waals surface area contributed by atoms with Gasteiger partial charge in [0.05, 0.1) is 41.4 Å². The van der Waals surface area contributed by atoms with Gasteiger partial charge in [0, 0.05) is 21.8 Å². The average molecular weight is 580 g/mol. The minimum Gasteiger partial charge on any atom is -0.455 e. The topological polar surface area (TPSA) is 16.4 Å². The van der Waals surface area contributed by atoms with E-state index in [1.54, 1.807) is 18.2 Å². The Kier molecular flexibility index (Phi) is 2.87. The normalized spacial score (nSPS) is 17.4. The maximum Gasteiger partial charge on any atom is 0.143 e. The monoisotopic (exact) mass is 579 g/mol. The van der Waals surface area contributed by atoms with Crippen LogP contribution in [0.2, 0.25) is 0 Å². The first kappa shape index (κ1) is 12.8. The zero-order valence-electron chi connectivity index (χ0n) is 40.6. The van der Waals surface area contributed by atoms with Crippen LogP contribution in [0.3, 0.4) is 0 Å². The van der Waals surface area contributed by atoms with Gasteiger partial charge >= 0.3 is 0 Å². The zero-order valence-corrected chi connectivity index (χ0v) is 22.6. The maximum atomic E-state index is 9.64. The minimum absolute atomic E-state index is 0.0252. The molecule has 9 rings (SSSR count). The van der Waals surface area contributed by atoms with Gasteiger partial charge in [-0.15, -0.1) is 0 Å². The second kappa shape index (κ2) is 9.86. The Morgan fingerprint density at radius 2 is 1.20 bits per heavy atom. The number of benzene rings is 8. The van der Waals surface area contributed by atoms with E-state index in [9.17, 15) is 6.85 Å². The van der Waals surface area contributed by atoms with Crippen LogP contribution < -0.4 is 4.90 Å². The molecule has 0 spiro atoms. The molecule has 0 fully saturated rings. The second-order valence-electron chi connectivity index (χ2n) is 9.95. The molecule has 0 aliphatic carbocycles. The highest BCUT2D eigenvalue weighted by atomic mass is 16.3. The number of rotatable bonds is 4. The van der Waals surface area contributed by atoms with Gasteiger partial charge in [0.25, 0.3) is 0 Å². The molecule has 0 saturated heterocycles. The number of anilines is 3. The Morgan fingerprint density at radius 1 is 0.477 bits per heavy atom. The van der Waals surface area contributed by atoms with Crippen LogP contribution in [0.1, 0.15) is 24.7 Å². The third-order valence-corrected chi connectivity index (χ3v) is 7.52. The molecule has 9 aromatic rings. The number of fused-ring (bicyclic) bond motifs is 7. The lowest BCUT2D eigenvalue weighted by molar-refractivity contribution is 0.672. The molecule has 0 saturated carbocycles. The molecule has 2 heteroatoms. The molecule has 0 amide bonds. The molecule has 2 nitrogen and oxygen atoms in total. The van der Waals surface area contributed by atoms with Crippen LogP contribution >= 0.6 is 0 Å². The van der Waals surface area contributed by atoms with Crippen LogP contribution in [0.5, 0.6) is 0 Å². The molecular formula is C42H27NO. The molecule has 44 heavy (non-hydrogen) atoms. The Morgan fingerprint density at radius 3 is 2.07 bits per heavy atom. The van der Waals surface area contributed by atoms with Gasteiger partial charge in [-0.1, -0.05) is 127 Å². The highest BCUT2D eigenvalue weighted by Gasteiger charge is 2.21. The summed E-state index contributed by atoms with van der Waals surface area (Å²) < 4.78 is 167. The summed E-state index contributed by atoms with van der Waals surface area (Å²) in [5.74, 6) is 0. The lowest BCUT2D eigenvalue weighted by Crippen LogP contribution is -2.10. The van der Waals surface area contributed by atoms with Crippen molar-refractivity contribution < 1.29 is 29.1 Å². The van der Waals surface area contributed by atoms with Crippen LogP contribution in [-0.2, 0) is 0 Å². The van der Waals surface area contributed by atoms with E-state index in [1.165, 1.54) is 6.07 Å². The molecule has 206 valence electrons. The summed E-state index contributed by atoms with van der Waals surface area (Å²) in [6, 6.07) is 1.78. The summed E-state index contributed by atoms with van der Waals surface area (Å²) in [5.41, 5.74) is -1.60. The van der Waals surface area contributed by atoms with E-state index in [2.05, 4.69) is 0 Å². The molecule has 1 aromatic heterocycles. The highest BCUT2D eigenvalue weighted by Crippen LogP contribution is 2.46. The van der Waals surface area contributed by atoms with Gasteiger partial charge in [-0.2, -0.15) is 0 Å². The van der Waals surface area contributed by atoms with Crippen LogP contribution in [0, 0.1) is 0 Å². The third-order valence-electron chi connectivity index (χ3n) is 7.52. The lowest BCUT2D eigenvalue weighted by Gasteiger charge is -2.27. The number of hydrogen-bond donors (Lipinski definition) is 0. The van der Waals surface area contributed by atoms with E-state index < -0.39 is 153 Å². The highest BCUT2D eigenvalue weighted by molar-refractivity contribution is 6.20. The maximum absolute atomic E-state index is 9.64. The van der Waals surface area contributed by atoms with Crippen molar-refractivity contribution in [2.75, 3.05) is 4.90 Å². The summed E-state index contributed by atoms with van der Waals surface area (Å²) in [5, 5.41) is 0.510. The van der Waals surface area contributed by atoms with Crippen molar-refractivity contribution in [3.05, 3.63) is 163 Å². The van der Waals surface area contributed by atoms with Gasteiger partial charge in [-0.3, -0.25) is 0 Å². The van der Waals surface area contributed by atoms with Gasteiger partial charge in [0.2, 0.25) is 0 Å². The van der Waals surface area contributed by atoms with Crippen LogP contribution in [0.15, 0.2) is 168 Å². The molecule has 1 heterocycles.